The van der Waals surface area contributed by atoms with Gasteiger partial charge < -0.3 is 0 Å². The standard InChI is InChI=1S/C7H4INO/c9-5-6-2-1-3-7(4-6)8-10/h1-4H. The van der Waals surface area contributed by atoms with Gasteiger partial charge in [-0.15, -0.1) is 0 Å². The Morgan fingerprint density at radius 1 is 1.50 bits per heavy atom. The van der Waals surface area contributed by atoms with Gasteiger partial charge in [-0.2, -0.15) is 5.26 Å². The lowest BCUT2D eigenvalue weighted by Crippen LogP contribution is -1.74. The van der Waals surface area contributed by atoms with Crippen molar-refractivity contribution in [1.82, 2.24) is 0 Å². The molecule has 0 bridgehead atoms. The molecule has 0 spiro atoms. The molecule has 0 saturated heterocycles. The molecule has 0 N–H and O–H groups in total. The first-order chi connectivity index (χ1) is 4.86. The summed E-state index contributed by atoms with van der Waals surface area (Å²) in [6.45, 7) is 0. The van der Waals surface area contributed by atoms with Crippen molar-refractivity contribution in [1.29, 1.82) is 5.26 Å². The summed E-state index contributed by atoms with van der Waals surface area (Å²) in [5, 5.41) is 8.42. The third-order valence-corrected chi connectivity index (χ3v) is 2.22. The molecule has 0 saturated carbocycles. The van der Waals surface area contributed by atoms with E-state index in [1.165, 1.54) is 0 Å². The Balaban J connectivity index is 3.13. The van der Waals surface area contributed by atoms with Crippen molar-refractivity contribution < 1.29 is 3.07 Å². The maximum atomic E-state index is 10.4. The Kier molecular flexibility index (Phi) is 2.51. The highest BCUT2D eigenvalue weighted by atomic mass is 127. The van der Waals surface area contributed by atoms with Crippen LogP contribution in [0.3, 0.4) is 0 Å². The summed E-state index contributed by atoms with van der Waals surface area (Å²) in [7, 11) is 0. The van der Waals surface area contributed by atoms with Gasteiger partial charge in [0, 0.05) is 3.57 Å². The molecule has 0 aliphatic rings. The van der Waals surface area contributed by atoms with Crippen molar-refractivity contribution in [3.05, 3.63) is 33.4 Å². The molecule has 0 fully saturated rings. The van der Waals surface area contributed by atoms with Gasteiger partial charge in [0.25, 0.3) is 0 Å². The third-order valence-electron chi connectivity index (χ3n) is 1.04. The highest BCUT2D eigenvalue weighted by molar-refractivity contribution is 14.1. The first kappa shape index (κ1) is 7.35. The van der Waals surface area contributed by atoms with E-state index in [0.29, 0.717) is 5.56 Å². The van der Waals surface area contributed by atoms with Crippen molar-refractivity contribution in [2.45, 2.75) is 0 Å². The minimum Gasteiger partial charge on any atom is -0.265 e. The third kappa shape index (κ3) is 1.61. The van der Waals surface area contributed by atoms with Crippen molar-refractivity contribution in [3.8, 4) is 6.07 Å². The Morgan fingerprint density at radius 3 is 2.90 bits per heavy atom. The molecule has 1 aromatic carbocycles. The van der Waals surface area contributed by atoms with Crippen molar-refractivity contribution in [2.75, 3.05) is 0 Å². The average Bonchev–Trinajstić information content (AvgIpc) is 2.05. The van der Waals surface area contributed by atoms with Crippen LogP contribution >= 0.6 is 21.2 Å². The van der Waals surface area contributed by atoms with Gasteiger partial charge in [0.15, 0.2) is 21.2 Å². The minimum absolute atomic E-state index is 0.577. The van der Waals surface area contributed by atoms with Gasteiger partial charge in [-0.1, -0.05) is 6.07 Å². The maximum absolute atomic E-state index is 10.4. The number of rotatable bonds is 1. The van der Waals surface area contributed by atoms with Crippen molar-refractivity contribution >= 4 is 21.2 Å². The number of hydrogen-bond acceptors (Lipinski definition) is 2. The normalized spacial score (nSPS) is 8.70. The second-order valence-corrected chi connectivity index (χ2v) is 3.39. The van der Waals surface area contributed by atoms with Crippen LogP contribution in [0.15, 0.2) is 24.3 Å². The Morgan fingerprint density at radius 2 is 2.30 bits per heavy atom. The van der Waals surface area contributed by atoms with Gasteiger partial charge in [0.1, 0.15) is 0 Å². The second kappa shape index (κ2) is 3.42. The van der Waals surface area contributed by atoms with E-state index in [1.807, 2.05) is 6.07 Å². The van der Waals surface area contributed by atoms with E-state index in [-0.39, 0.29) is 0 Å². The van der Waals surface area contributed by atoms with Gasteiger partial charge in [-0.3, -0.25) is 3.07 Å². The zero-order valence-electron chi connectivity index (χ0n) is 5.04. The molecule has 1 rings (SSSR count). The number of benzene rings is 1. The molecule has 10 heavy (non-hydrogen) atoms. The lowest BCUT2D eigenvalue weighted by atomic mass is 10.2. The summed E-state index contributed by atoms with van der Waals surface area (Å²) in [6.07, 6.45) is 0. The van der Waals surface area contributed by atoms with E-state index in [9.17, 15) is 3.07 Å². The van der Waals surface area contributed by atoms with Gasteiger partial charge in [0.05, 0.1) is 11.6 Å². The molecular weight excluding hydrogens is 241 g/mol. The van der Waals surface area contributed by atoms with E-state index in [1.54, 1.807) is 24.3 Å². The lowest BCUT2D eigenvalue weighted by molar-refractivity contribution is 0.648. The topological polar surface area (TPSA) is 40.9 Å². The van der Waals surface area contributed by atoms with Gasteiger partial charge in [-0.05, 0) is 18.2 Å². The molecule has 0 unspecified atom stereocenters. The summed E-state index contributed by atoms with van der Waals surface area (Å²) in [4.78, 5) is 0. The van der Waals surface area contributed by atoms with E-state index >= 15 is 0 Å². The molecule has 2 nitrogen and oxygen atoms in total. The fourth-order valence-electron chi connectivity index (χ4n) is 0.606. The fourth-order valence-corrected chi connectivity index (χ4v) is 1.42. The first-order valence-corrected chi connectivity index (χ1v) is 4.60. The van der Waals surface area contributed by atoms with E-state index in [2.05, 4.69) is 0 Å². The van der Waals surface area contributed by atoms with Crippen LogP contribution in [-0.4, -0.2) is 0 Å². The summed E-state index contributed by atoms with van der Waals surface area (Å²) in [6, 6.07) is 8.84. The molecule has 0 heterocycles. The first-order valence-electron chi connectivity index (χ1n) is 2.64. The van der Waals surface area contributed by atoms with Crippen molar-refractivity contribution in [3.63, 3.8) is 0 Å². The average molecular weight is 245 g/mol. The number of nitrogens with zero attached hydrogens (tertiary/aromatic N) is 1. The van der Waals surface area contributed by atoms with Crippen LogP contribution in [0.5, 0.6) is 0 Å². The molecule has 0 atom stereocenters. The predicted octanol–water partition coefficient (Wildman–Crippen LogP) is 2.04. The zero-order valence-corrected chi connectivity index (χ0v) is 7.20. The van der Waals surface area contributed by atoms with Gasteiger partial charge in [0.2, 0.25) is 0 Å². The molecule has 0 radical (unpaired) electrons. The number of halogens is 1. The predicted molar refractivity (Wildman–Crippen MR) is 44.6 cm³/mol. The molecule has 0 aliphatic heterocycles. The van der Waals surface area contributed by atoms with Crippen LogP contribution < -0.4 is 0 Å². The fraction of sp³-hybridized carbons (Fsp3) is 0. The monoisotopic (exact) mass is 245 g/mol. The maximum Gasteiger partial charge on any atom is 0.182 e. The smallest absolute Gasteiger partial charge is 0.182 e. The molecule has 0 aromatic heterocycles. The minimum atomic E-state index is -1.11. The molecule has 3 heteroatoms. The summed E-state index contributed by atoms with van der Waals surface area (Å²) < 4.78 is 11.2. The molecular formula is C7H4INO. The second-order valence-electron chi connectivity index (χ2n) is 1.70. The highest BCUT2D eigenvalue weighted by Crippen LogP contribution is 2.10. The summed E-state index contributed by atoms with van der Waals surface area (Å²) in [5.41, 5.74) is 0.577. The van der Waals surface area contributed by atoms with Crippen LogP contribution in [0.4, 0.5) is 0 Å². The SMILES string of the molecule is N#Cc1cccc(I=O)c1. The molecule has 1 aromatic rings. The van der Waals surface area contributed by atoms with Crippen LogP contribution in [0, 0.1) is 14.9 Å². The summed E-state index contributed by atoms with van der Waals surface area (Å²) >= 11 is -1.11. The molecule has 0 aliphatic carbocycles. The van der Waals surface area contributed by atoms with E-state index < -0.39 is 21.2 Å². The van der Waals surface area contributed by atoms with Gasteiger partial charge in [-0.25, -0.2) is 0 Å². The van der Waals surface area contributed by atoms with E-state index in [4.69, 9.17) is 5.26 Å². The lowest BCUT2D eigenvalue weighted by Gasteiger charge is -1.86. The van der Waals surface area contributed by atoms with Crippen LogP contribution in [0.25, 0.3) is 0 Å². The number of nitriles is 1. The van der Waals surface area contributed by atoms with Crippen LogP contribution in [0.2, 0.25) is 0 Å². The van der Waals surface area contributed by atoms with Gasteiger partial charge >= 0.3 is 0 Å². The van der Waals surface area contributed by atoms with Crippen LogP contribution in [-0.2, 0) is 3.07 Å². The Labute approximate surface area is 69.1 Å². The quantitative estimate of drug-likeness (QED) is 0.710. The number of hydrogen-bond donors (Lipinski definition) is 0. The molecule has 0 amide bonds. The van der Waals surface area contributed by atoms with E-state index in [0.717, 1.165) is 3.57 Å². The molecule has 50 valence electrons. The Hall–Kier alpha value is -0.760. The van der Waals surface area contributed by atoms with Crippen LogP contribution in [0.1, 0.15) is 5.56 Å². The largest absolute Gasteiger partial charge is 0.265 e. The zero-order chi connectivity index (χ0) is 7.40. The Bertz CT molecular complexity index is 290. The van der Waals surface area contributed by atoms with Crippen molar-refractivity contribution in [2.24, 2.45) is 0 Å². The summed E-state index contributed by atoms with van der Waals surface area (Å²) in [5.74, 6) is 0. The highest BCUT2D eigenvalue weighted by Gasteiger charge is 1.91.